The first kappa shape index (κ1) is 13.7. The lowest BCUT2D eigenvalue weighted by atomic mass is 9.95. The monoisotopic (exact) mass is 268 g/mol. The van der Waals surface area contributed by atoms with E-state index in [-0.39, 0.29) is 6.42 Å². The summed E-state index contributed by atoms with van der Waals surface area (Å²) >= 11 is 0. The number of ether oxygens (including phenoxy) is 1. The summed E-state index contributed by atoms with van der Waals surface area (Å²) < 4.78 is 6.64. The molecule has 7 heteroatoms. The summed E-state index contributed by atoms with van der Waals surface area (Å²) in [5, 5.41) is 19.4. The van der Waals surface area contributed by atoms with E-state index in [0.717, 1.165) is 0 Å². The molecule has 3 atom stereocenters. The van der Waals surface area contributed by atoms with E-state index in [4.69, 9.17) is 4.74 Å². The second-order valence-electron chi connectivity index (χ2n) is 4.64. The molecule has 3 N–H and O–H groups in total. The molecule has 104 valence electrons. The Balaban J connectivity index is 2.40. The van der Waals surface area contributed by atoms with Crippen molar-refractivity contribution in [2.75, 3.05) is 6.61 Å². The lowest BCUT2D eigenvalue weighted by molar-refractivity contribution is -0.0653. The van der Waals surface area contributed by atoms with Crippen molar-refractivity contribution in [2.45, 2.75) is 31.3 Å². The molecule has 0 aromatic carbocycles. The predicted octanol–water partition coefficient (Wildman–Crippen LogP) is -0.958. The van der Waals surface area contributed by atoms with Crippen molar-refractivity contribution in [3.8, 4) is 0 Å². The number of aryl methyl sites for hydroxylation is 1. The first-order valence-corrected chi connectivity index (χ1v) is 5.85. The smallest absolute Gasteiger partial charge is 0.330 e. The maximum atomic E-state index is 11.7. The SMILES string of the molecule is C=CC1(O)CC(n2cc(C)c(=O)[nH]c2=O)OC1CO. The number of aromatic nitrogens is 2. The van der Waals surface area contributed by atoms with Gasteiger partial charge in [-0.3, -0.25) is 14.3 Å². The topological polar surface area (TPSA) is 105 Å². The molecule has 0 spiro atoms. The van der Waals surface area contributed by atoms with Crippen LogP contribution >= 0.6 is 0 Å². The highest BCUT2D eigenvalue weighted by Gasteiger charge is 2.45. The Morgan fingerprint density at radius 2 is 2.37 bits per heavy atom. The molecule has 3 unspecified atom stereocenters. The lowest BCUT2D eigenvalue weighted by Crippen LogP contribution is -2.38. The Labute approximate surface area is 108 Å². The minimum Gasteiger partial charge on any atom is -0.394 e. The van der Waals surface area contributed by atoms with E-state index in [1.54, 1.807) is 6.92 Å². The fourth-order valence-corrected chi connectivity index (χ4v) is 2.15. The van der Waals surface area contributed by atoms with E-state index in [1.165, 1.54) is 16.8 Å². The molecule has 1 aliphatic heterocycles. The number of H-pyrrole nitrogens is 1. The summed E-state index contributed by atoms with van der Waals surface area (Å²) in [5.74, 6) is 0. The van der Waals surface area contributed by atoms with E-state index in [0.29, 0.717) is 5.56 Å². The van der Waals surface area contributed by atoms with Crippen LogP contribution in [0.3, 0.4) is 0 Å². The van der Waals surface area contributed by atoms with Crippen molar-refractivity contribution in [1.82, 2.24) is 9.55 Å². The maximum absolute atomic E-state index is 11.7. The van der Waals surface area contributed by atoms with Gasteiger partial charge in [0.05, 0.1) is 6.61 Å². The van der Waals surface area contributed by atoms with Crippen LogP contribution in [0.25, 0.3) is 0 Å². The molecule has 0 amide bonds. The minimum absolute atomic E-state index is 0.0765. The average Bonchev–Trinajstić information content (AvgIpc) is 2.71. The van der Waals surface area contributed by atoms with E-state index in [1.807, 2.05) is 0 Å². The summed E-state index contributed by atoms with van der Waals surface area (Å²) in [5.41, 5.74) is -2.12. The van der Waals surface area contributed by atoms with Crippen molar-refractivity contribution in [1.29, 1.82) is 0 Å². The standard InChI is InChI=1S/C12H16N2O5/c1-3-12(18)4-9(19-8(12)6-15)14-5-7(2)10(16)13-11(14)17/h3,5,8-9,15,18H,1,4,6H2,2H3,(H,13,16,17). The van der Waals surface area contributed by atoms with Gasteiger partial charge in [-0.25, -0.2) is 4.79 Å². The van der Waals surface area contributed by atoms with Gasteiger partial charge < -0.3 is 14.9 Å². The lowest BCUT2D eigenvalue weighted by Gasteiger charge is -2.21. The van der Waals surface area contributed by atoms with Gasteiger partial charge in [-0.2, -0.15) is 0 Å². The van der Waals surface area contributed by atoms with Crippen molar-refractivity contribution >= 4 is 0 Å². The Hall–Kier alpha value is -1.70. The predicted molar refractivity (Wildman–Crippen MR) is 66.8 cm³/mol. The second-order valence-corrected chi connectivity index (χ2v) is 4.64. The summed E-state index contributed by atoms with van der Waals surface area (Å²) in [6, 6.07) is 0. The van der Waals surface area contributed by atoms with Crippen LogP contribution in [-0.2, 0) is 4.74 Å². The number of nitrogens with zero attached hydrogens (tertiary/aromatic N) is 1. The fraction of sp³-hybridized carbons (Fsp3) is 0.500. The maximum Gasteiger partial charge on any atom is 0.330 e. The van der Waals surface area contributed by atoms with Crippen LogP contribution in [-0.4, -0.2) is 38.1 Å². The van der Waals surface area contributed by atoms with Crippen molar-refractivity contribution in [2.24, 2.45) is 0 Å². The molecule has 1 fully saturated rings. The zero-order valence-electron chi connectivity index (χ0n) is 10.5. The quantitative estimate of drug-likeness (QED) is 0.613. The van der Waals surface area contributed by atoms with Crippen LogP contribution in [0.1, 0.15) is 18.2 Å². The molecule has 0 radical (unpaired) electrons. The number of nitrogens with one attached hydrogen (secondary N) is 1. The third-order valence-electron chi connectivity index (χ3n) is 3.36. The summed E-state index contributed by atoms with van der Waals surface area (Å²) in [4.78, 5) is 25.2. The highest BCUT2D eigenvalue weighted by Crippen LogP contribution is 2.36. The highest BCUT2D eigenvalue weighted by atomic mass is 16.5. The van der Waals surface area contributed by atoms with Crippen LogP contribution in [0.5, 0.6) is 0 Å². The molecule has 0 saturated carbocycles. The summed E-state index contributed by atoms with van der Waals surface area (Å²) in [7, 11) is 0. The van der Waals surface area contributed by atoms with Gasteiger partial charge in [0, 0.05) is 18.2 Å². The van der Waals surface area contributed by atoms with E-state index >= 15 is 0 Å². The van der Waals surface area contributed by atoms with E-state index < -0.39 is 35.8 Å². The van der Waals surface area contributed by atoms with Gasteiger partial charge in [-0.1, -0.05) is 6.08 Å². The molecule has 19 heavy (non-hydrogen) atoms. The summed E-state index contributed by atoms with van der Waals surface area (Å²) in [6.45, 7) is 4.68. The Morgan fingerprint density at radius 3 is 2.89 bits per heavy atom. The second kappa shape index (κ2) is 4.76. The van der Waals surface area contributed by atoms with Crippen LogP contribution in [0.15, 0.2) is 28.4 Å². The zero-order valence-corrected chi connectivity index (χ0v) is 10.5. The van der Waals surface area contributed by atoms with Gasteiger partial charge in [0.2, 0.25) is 0 Å². The van der Waals surface area contributed by atoms with Gasteiger partial charge in [0.1, 0.15) is 17.9 Å². The van der Waals surface area contributed by atoms with Crippen LogP contribution in [0.2, 0.25) is 0 Å². The third-order valence-corrected chi connectivity index (χ3v) is 3.36. The fourth-order valence-electron chi connectivity index (χ4n) is 2.15. The van der Waals surface area contributed by atoms with Gasteiger partial charge in [0.15, 0.2) is 0 Å². The normalized spacial score (nSPS) is 30.5. The van der Waals surface area contributed by atoms with Crippen molar-refractivity contribution in [3.05, 3.63) is 45.3 Å². The number of aromatic amines is 1. The van der Waals surface area contributed by atoms with Gasteiger partial charge in [-0.15, -0.1) is 6.58 Å². The van der Waals surface area contributed by atoms with Crippen molar-refractivity contribution in [3.63, 3.8) is 0 Å². The number of rotatable bonds is 3. The Morgan fingerprint density at radius 1 is 1.68 bits per heavy atom. The molecular formula is C12H16N2O5. The molecular weight excluding hydrogens is 252 g/mol. The third kappa shape index (κ3) is 2.27. The van der Waals surface area contributed by atoms with Crippen molar-refractivity contribution < 1.29 is 14.9 Å². The molecule has 1 saturated heterocycles. The van der Waals surface area contributed by atoms with Gasteiger partial charge >= 0.3 is 5.69 Å². The first-order chi connectivity index (χ1) is 8.91. The van der Waals surface area contributed by atoms with E-state index in [9.17, 15) is 19.8 Å². The van der Waals surface area contributed by atoms with Gasteiger partial charge in [-0.05, 0) is 6.92 Å². The van der Waals surface area contributed by atoms with Crippen LogP contribution in [0.4, 0.5) is 0 Å². The number of aliphatic hydroxyl groups excluding tert-OH is 1. The summed E-state index contributed by atoms with van der Waals surface area (Å²) in [6.07, 6.45) is 1.12. The average molecular weight is 268 g/mol. The largest absolute Gasteiger partial charge is 0.394 e. The van der Waals surface area contributed by atoms with Crippen LogP contribution < -0.4 is 11.2 Å². The molecule has 2 rings (SSSR count). The van der Waals surface area contributed by atoms with Crippen LogP contribution in [0, 0.1) is 6.92 Å². The number of hydrogen-bond acceptors (Lipinski definition) is 5. The number of hydrogen-bond donors (Lipinski definition) is 3. The highest BCUT2D eigenvalue weighted by molar-refractivity contribution is 5.08. The van der Waals surface area contributed by atoms with Gasteiger partial charge in [0.25, 0.3) is 5.56 Å². The molecule has 1 aromatic heterocycles. The number of aliphatic hydroxyl groups is 2. The first-order valence-electron chi connectivity index (χ1n) is 5.85. The zero-order chi connectivity index (χ0) is 14.2. The Kier molecular flexibility index (Phi) is 3.44. The van der Waals surface area contributed by atoms with E-state index in [2.05, 4.69) is 11.6 Å². The molecule has 1 aromatic rings. The molecule has 1 aliphatic rings. The molecule has 0 aliphatic carbocycles. The minimum atomic E-state index is -1.40. The Bertz CT molecular complexity index is 605. The molecule has 0 bridgehead atoms. The molecule has 2 heterocycles. The molecule has 7 nitrogen and oxygen atoms in total.